The van der Waals surface area contributed by atoms with Gasteiger partial charge in [-0.1, -0.05) is 36.8 Å². The van der Waals surface area contributed by atoms with E-state index in [0.717, 1.165) is 25.1 Å². The molecule has 0 bridgehead atoms. The Labute approximate surface area is 142 Å². The number of carbonyl (C=O) groups is 1. The summed E-state index contributed by atoms with van der Waals surface area (Å²) < 4.78 is 0. The third kappa shape index (κ3) is 7.58. The summed E-state index contributed by atoms with van der Waals surface area (Å²) in [4.78, 5) is 20.5. The van der Waals surface area contributed by atoms with Crippen molar-refractivity contribution in [1.29, 1.82) is 0 Å². The molecule has 0 saturated heterocycles. The van der Waals surface area contributed by atoms with Gasteiger partial charge in [-0.3, -0.25) is 10.1 Å². The highest BCUT2D eigenvalue weighted by Gasteiger charge is 2.20. The number of carboxylic acids is 1. The minimum absolute atomic E-state index is 0.186. The van der Waals surface area contributed by atoms with E-state index in [0.29, 0.717) is 6.42 Å². The molecule has 0 aliphatic heterocycles. The normalized spacial score (nSPS) is 13.4. The molecule has 1 aromatic rings. The first-order valence-corrected chi connectivity index (χ1v) is 7.92. The maximum atomic E-state index is 10.7. The molecular formula is C18H24N2O4. The van der Waals surface area contributed by atoms with Crippen LogP contribution in [0.1, 0.15) is 33.1 Å². The fourth-order valence-corrected chi connectivity index (χ4v) is 2.15. The van der Waals surface area contributed by atoms with Crippen LogP contribution in [0.4, 0.5) is 5.69 Å². The molecule has 0 saturated carbocycles. The first-order valence-electron chi connectivity index (χ1n) is 7.92. The number of nitrogens with one attached hydrogen (secondary N) is 1. The zero-order valence-corrected chi connectivity index (χ0v) is 14.1. The van der Waals surface area contributed by atoms with Crippen molar-refractivity contribution in [3.63, 3.8) is 0 Å². The van der Waals surface area contributed by atoms with Gasteiger partial charge in [0, 0.05) is 18.3 Å². The molecule has 0 heterocycles. The molecule has 0 radical (unpaired) electrons. The summed E-state index contributed by atoms with van der Waals surface area (Å²) >= 11 is 0. The van der Waals surface area contributed by atoms with Gasteiger partial charge in [-0.25, -0.2) is 4.79 Å². The third-order valence-electron chi connectivity index (χ3n) is 3.63. The van der Waals surface area contributed by atoms with E-state index >= 15 is 0 Å². The molecule has 130 valence electrons. The van der Waals surface area contributed by atoms with Crippen molar-refractivity contribution in [2.24, 2.45) is 5.92 Å². The Morgan fingerprint density at radius 1 is 1.33 bits per heavy atom. The summed E-state index contributed by atoms with van der Waals surface area (Å²) in [6.45, 7) is 4.78. The van der Waals surface area contributed by atoms with Gasteiger partial charge in [0.1, 0.15) is 0 Å². The van der Waals surface area contributed by atoms with Crippen LogP contribution in [0.5, 0.6) is 0 Å². The summed E-state index contributed by atoms with van der Waals surface area (Å²) in [7, 11) is 0. The van der Waals surface area contributed by atoms with Gasteiger partial charge in [-0.2, -0.15) is 0 Å². The van der Waals surface area contributed by atoms with Gasteiger partial charge in [0.25, 0.3) is 0 Å². The number of anilines is 1. The molecule has 0 aliphatic rings. The zero-order valence-electron chi connectivity index (χ0n) is 14.1. The van der Waals surface area contributed by atoms with E-state index in [1.165, 1.54) is 11.6 Å². The van der Waals surface area contributed by atoms with Crippen molar-refractivity contribution in [3.8, 4) is 0 Å². The van der Waals surface area contributed by atoms with Gasteiger partial charge in [-0.15, -0.1) is 0 Å². The SMILES string of the molecule is C/C(=C\CCC(C)C/C=C(/C(=O)O)[N+](=O)[O-])CNc1ccccc1. The summed E-state index contributed by atoms with van der Waals surface area (Å²) in [5.74, 6) is -1.31. The molecule has 1 rings (SSSR count). The maximum absolute atomic E-state index is 10.7. The molecule has 1 aromatic carbocycles. The van der Waals surface area contributed by atoms with Crippen LogP contribution in [0.2, 0.25) is 0 Å². The molecule has 6 nitrogen and oxygen atoms in total. The van der Waals surface area contributed by atoms with Crippen LogP contribution in [0.3, 0.4) is 0 Å². The third-order valence-corrected chi connectivity index (χ3v) is 3.63. The van der Waals surface area contributed by atoms with Gasteiger partial charge >= 0.3 is 11.7 Å². The van der Waals surface area contributed by atoms with E-state index in [2.05, 4.69) is 18.3 Å². The number of para-hydroxylation sites is 1. The van der Waals surface area contributed by atoms with Crippen molar-refractivity contribution in [3.05, 3.63) is 63.9 Å². The average molecular weight is 332 g/mol. The summed E-state index contributed by atoms with van der Waals surface area (Å²) in [5.41, 5.74) is 1.54. The highest BCUT2D eigenvalue weighted by Crippen LogP contribution is 2.14. The van der Waals surface area contributed by atoms with Gasteiger partial charge < -0.3 is 10.4 Å². The highest BCUT2D eigenvalue weighted by atomic mass is 16.6. The molecule has 1 unspecified atom stereocenters. The summed E-state index contributed by atoms with van der Waals surface area (Å²) in [6, 6.07) is 9.95. The number of rotatable bonds is 10. The molecule has 0 fully saturated rings. The van der Waals surface area contributed by atoms with Crippen LogP contribution < -0.4 is 5.32 Å². The van der Waals surface area contributed by atoms with E-state index in [1.807, 2.05) is 37.3 Å². The minimum atomic E-state index is -1.49. The largest absolute Gasteiger partial charge is 0.473 e. The molecule has 0 spiro atoms. The molecule has 0 amide bonds. The second kappa shape index (κ2) is 10.2. The Kier molecular flexibility index (Phi) is 8.25. The average Bonchev–Trinajstić information content (AvgIpc) is 2.53. The summed E-state index contributed by atoms with van der Waals surface area (Å²) in [6.07, 6.45) is 5.43. The predicted octanol–water partition coefficient (Wildman–Crippen LogP) is 4.10. The molecule has 2 N–H and O–H groups in total. The Bertz CT molecular complexity index is 593. The number of nitro groups is 1. The fraction of sp³-hybridized carbons (Fsp3) is 0.389. The lowest BCUT2D eigenvalue weighted by Gasteiger charge is -2.08. The molecule has 0 aromatic heterocycles. The fourth-order valence-electron chi connectivity index (χ4n) is 2.15. The van der Waals surface area contributed by atoms with Crippen molar-refractivity contribution in [2.45, 2.75) is 33.1 Å². The van der Waals surface area contributed by atoms with Gasteiger partial charge in [0.2, 0.25) is 0 Å². The number of aliphatic carboxylic acids is 1. The number of benzene rings is 1. The van der Waals surface area contributed by atoms with E-state index in [1.54, 1.807) is 0 Å². The monoisotopic (exact) mass is 332 g/mol. The number of allylic oxidation sites excluding steroid dienone is 2. The zero-order chi connectivity index (χ0) is 17.9. The summed E-state index contributed by atoms with van der Waals surface area (Å²) in [5, 5.41) is 22.6. The molecule has 6 heteroatoms. The molecular weight excluding hydrogens is 308 g/mol. The van der Waals surface area contributed by atoms with Crippen molar-refractivity contribution in [1.82, 2.24) is 0 Å². The smallest absolute Gasteiger partial charge is 0.407 e. The Balaban J connectivity index is 2.35. The van der Waals surface area contributed by atoms with Crippen molar-refractivity contribution < 1.29 is 14.8 Å². The van der Waals surface area contributed by atoms with E-state index in [4.69, 9.17) is 5.11 Å². The first-order chi connectivity index (χ1) is 11.4. The van der Waals surface area contributed by atoms with E-state index in [-0.39, 0.29) is 5.92 Å². The standard InChI is InChI=1S/C18H24N2O4/c1-14(11-12-17(18(21)22)20(23)24)7-6-8-15(2)13-19-16-9-4-3-5-10-16/h3-5,8-10,12,14,19H,6-7,11,13H2,1-2H3,(H,21,22)/b15-8+,17-12-. The van der Waals surface area contributed by atoms with Crippen molar-refractivity contribution in [2.75, 3.05) is 11.9 Å². The van der Waals surface area contributed by atoms with E-state index < -0.39 is 16.6 Å². The van der Waals surface area contributed by atoms with Gasteiger partial charge in [-0.05, 0) is 44.2 Å². The van der Waals surface area contributed by atoms with Crippen LogP contribution in [-0.2, 0) is 4.79 Å². The number of hydrogen-bond acceptors (Lipinski definition) is 4. The molecule has 0 aliphatic carbocycles. The topological polar surface area (TPSA) is 92.5 Å². The van der Waals surface area contributed by atoms with Crippen LogP contribution >= 0.6 is 0 Å². The van der Waals surface area contributed by atoms with Crippen LogP contribution in [0.15, 0.2) is 53.8 Å². The first kappa shape index (κ1) is 19.4. The Hall–Kier alpha value is -2.63. The predicted molar refractivity (Wildman–Crippen MR) is 94.4 cm³/mol. The number of nitrogens with zero attached hydrogens (tertiary/aromatic N) is 1. The lowest BCUT2D eigenvalue weighted by atomic mass is 10.00. The number of hydrogen-bond donors (Lipinski definition) is 2. The Morgan fingerprint density at radius 2 is 2.00 bits per heavy atom. The van der Waals surface area contributed by atoms with Crippen LogP contribution in [0, 0.1) is 16.0 Å². The maximum Gasteiger partial charge on any atom is 0.407 e. The van der Waals surface area contributed by atoms with E-state index in [9.17, 15) is 14.9 Å². The Morgan fingerprint density at radius 3 is 2.58 bits per heavy atom. The quantitative estimate of drug-likeness (QED) is 0.291. The van der Waals surface area contributed by atoms with Crippen LogP contribution in [-0.4, -0.2) is 22.5 Å². The van der Waals surface area contributed by atoms with Crippen LogP contribution in [0.25, 0.3) is 0 Å². The molecule has 24 heavy (non-hydrogen) atoms. The lowest BCUT2D eigenvalue weighted by Crippen LogP contribution is -2.10. The minimum Gasteiger partial charge on any atom is -0.473 e. The number of carboxylic acid groups (broad SMARTS) is 1. The second-order valence-electron chi connectivity index (χ2n) is 5.84. The van der Waals surface area contributed by atoms with Gasteiger partial charge in [0.05, 0.1) is 4.92 Å². The van der Waals surface area contributed by atoms with Crippen molar-refractivity contribution >= 4 is 11.7 Å². The highest BCUT2D eigenvalue weighted by molar-refractivity contribution is 5.83. The second-order valence-corrected chi connectivity index (χ2v) is 5.84. The lowest BCUT2D eigenvalue weighted by molar-refractivity contribution is -0.421. The molecule has 1 atom stereocenters. The van der Waals surface area contributed by atoms with Gasteiger partial charge in [0.15, 0.2) is 0 Å².